The predicted octanol–water partition coefficient (Wildman–Crippen LogP) is 5.58. The van der Waals surface area contributed by atoms with Crippen LogP contribution >= 0.6 is 0 Å². The highest BCUT2D eigenvalue weighted by molar-refractivity contribution is 5.80. The molecule has 0 atom stereocenters. The highest BCUT2D eigenvalue weighted by Crippen LogP contribution is 2.31. The van der Waals surface area contributed by atoms with Crippen LogP contribution in [0.15, 0.2) is 66.9 Å². The molecule has 4 nitrogen and oxygen atoms in total. The summed E-state index contributed by atoms with van der Waals surface area (Å²) in [5.41, 5.74) is 4.78. The van der Waals surface area contributed by atoms with Gasteiger partial charge in [0.1, 0.15) is 17.1 Å². The number of aromatic amines is 1. The Morgan fingerprint density at radius 3 is 2.52 bits per heavy atom. The predicted molar refractivity (Wildman–Crippen MR) is 110 cm³/mol. The Hall–Kier alpha value is -3.40. The third-order valence-corrected chi connectivity index (χ3v) is 4.14. The van der Waals surface area contributed by atoms with E-state index in [2.05, 4.69) is 51.4 Å². The molecule has 2 aromatic carbocycles. The molecule has 0 bridgehead atoms. The molecule has 0 saturated carbocycles. The fraction of sp³-hybridized carbons (Fsp3) is 0.130. The van der Waals surface area contributed by atoms with Gasteiger partial charge in [-0.15, -0.1) is 0 Å². The fourth-order valence-corrected chi connectivity index (χ4v) is 2.92. The van der Waals surface area contributed by atoms with Crippen LogP contribution in [-0.4, -0.2) is 21.1 Å². The maximum Gasteiger partial charge on any atom is 0.157 e. The molecule has 4 rings (SSSR count). The average Bonchev–Trinajstić information content (AvgIpc) is 3.11. The largest absolute Gasteiger partial charge is 0.490 e. The van der Waals surface area contributed by atoms with Crippen molar-refractivity contribution in [1.29, 1.82) is 0 Å². The normalized spacial score (nSPS) is 11.5. The Balaban J connectivity index is 1.75. The van der Waals surface area contributed by atoms with E-state index in [1.165, 1.54) is 0 Å². The first kappa shape index (κ1) is 17.0. The number of hydrogen-bond donors (Lipinski definition) is 1. The SMILES string of the molecule is CC(C)Oc1ccc(/C=C/c2ccccc2)cc1-c1nc2cccnc2[nH]1. The molecule has 2 heterocycles. The summed E-state index contributed by atoms with van der Waals surface area (Å²) in [5.74, 6) is 1.57. The lowest BCUT2D eigenvalue weighted by Gasteiger charge is -2.13. The number of imidazole rings is 1. The van der Waals surface area contributed by atoms with Crippen LogP contribution in [0.2, 0.25) is 0 Å². The molecule has 2 aromatic heterocycles. The van der Waals surface area contributed by atoms with E-state index >= 15 is 0 Å². The van der Waals surface area contributed by atoms with Gasteiger partial charge in [0.2, 0.25) is 0 Å². The van der Waals surface area contributed by atoms with Crippen molar-refractivity contribution in [2.75, 3.05) is 0 Å². The topological polar surface area (TPSA) is 50.8 Å². The number of rotatable bonds is 5. The van der Waals surface area contributed by atoms with E-state index in [4.69, 9.17) is 4.74 Å². The van der Waals surface area contributed by atoms with Crippen molar-refractivity contribution in [2.24, 2.45) is 0 Å². The van der Waals surface area contributed by atoms with E-state index in [0.717, 1.165) is 39.4 Å². The molecule has 0 saturated heterocycles. The summed E-state index contributed by atoms with van der Waals surface area (Å²) in [7, 11) is 0. The van der Waals surface area contributed by atoms with Crippen LogP contribution in [0.3, 0.4) is 0 Å². The lowest BCUT2D eigenvalue weighted by Crippen LogP contribution is -2.06. The first-order valence-electron chi connectivity index (χ1n) is 9.04. The molecule has 0 aliphatic heterocycles. The second-order valence-electron chi connectivity index (χ2n) is 6.62. The number of ether oxygens (including phenoxy) is 1. The summed E-state index contributed by atoms with van der Waals surface area (Å²) < 4.78 is 6.01. The van der Waals surface area contributed by atoms with Gasteiger partial charge in [-0.3, -0.25) is 0 Å². The second-order valence-corrected chi connectivity index (χ2v) is 6.62. The highest BCUT2D eigenvalue weighted by Gasteiger charge is 2.13. The minimum Gasteiger partial charge on any atom is -0.490 e. The minimum atomic E-state index is 0.0805. The standard InChI is InChI=1S/C23H21N3O/c1-16(2)27-21-13-12-18(11-10-17-7-4-3-5-8-17)15-19(21)22-25-20-9-6-14-24-23(20)26-22/h3-16H,1-2H3,(H,24,25,26)/b11-10+. The van der Waals surface area contributed by atoms with Gasteiger partial charge in [-0.05, 0) is 49.2 Å². The molecular weight excluding hydrogens is 334 g/mol. The lowest BCUT2D eigenvalue weighted by molar-refractivity contribution is 0.243. The van der Waals surface area contributed by atoms with E-state index in [1.54, 1.807) is 6.20 Å². The van der Waals surface area contributed by atoms with Crippen molar-refractivity contribution < 1.29 is 4.74 Å². The zero-order chi connectivity index (χ0) is 18.6. The van der Waals surface area contributed by atoms with Gasteiger partial charge < -0.3 is 9.72 Å². The molecular formula is C23H21N3O. The Labute approximate surface area is 158 Å². The number of hydrogen-bond acceptors (Lipinski definition) is 3. The maximum atomic E-state index is 6.01. The Kier molecular flexibility index (Phi) is 4.71. The number of nitrogens with one attached hydrogen (secondary N) is 1. The van der Waals surface area contributed by atoms with Crippen LogP contribution in [0.25, 0.3) is 34.7 Å². The zero-order valence-corrected chi connectivity index (χ0v) is 15.4. The van der Waals surface area contributed by atoms with E-state index in [0.29, 0.717) is 0 Å². The molecule has 27 heavy (non-hydrogen) atoms. The smallest absolute Gasteiger partial charge is 0.157 e. The molecule has 4 aromatic rings. The third-order valence-electron chi connectivity index (χ3n) is 4.14. The molecule has 0 unspecified atom stereocenters. The van der Waals surface area contributed by atoms with Crippen molar-refractivity contribution in [1.82, 2.24) is 15.0 Å². The Bertz CT molecular complexity index is 1050. The van der Waals surface area contributed by atoms with Gasteiger partial charge in [0.25, 0.3) is 0 Å². The minimum absolute atomic E-state index is 0.0805. The van der Waals surface area contributed by atoms with Gasteiger partial charge >= 0.3 is 0 Å². The van der Waals surface area contributed by atoms with E-state index in [1.807, 2.05) is 50.2 Å². The number of aromatic nitrogens is 3. The lowest BCUT2D eigenvalue weighted by atomic mass is 10.1. The van der Waals surface area contributed by atoms with Gasteiger partial charge in [0.15, 0.2) is 5.65 Å². The first-order chi connectivity index (χ1) is 13.2. The monoisotopic (exact) mass is 355 g/mol. The zero-order valence-electron chi connectivity index (χ0n) is 15.4. The highest BCUT2D eigenvalue weighted by atomic mass is 16.5. The quantitative estimate of drug-likeness (QED) is 0.475. The summed E-state index contributed by atoms with van der Waals surface area (Å²) >= 11 is 0. The summed E-state index contributed by atoms with van der Waals surface area (Å²) in [6, 6.07) is 20.2. The molecule has 1 N–H and O–H groups in total. The number of fused-ring (bicyclic) bond motifs is 1. The fourth-order valence-electron chi connectivity index (χ4n) is 2.92. The average molecular weight is 355 g/mol. The van der Waals surface area contributed by atoms with Gasteiger partial charge in [-0.25, -0.2) is 9.97 Å². The van der Waals surface area contributed by atoms with E-state index in [9.17, 15) is 0 Å². The summed E-state index contributed by atoms with van der Waals surface area (Å²) in [4.78, 5) is 12.3. The van der Waals surface area contributed by atoms with E-state index in [-0.39, 0.29) is 6.10 Å². The molecule has 0 aliphatic carbocycles. The molecule has 0 spiro atoms. The van der Waals surface area contributed by atoms with Crippen molar-refractivity contribution in [3.8, 4) is 17.1 Å². The molecule has 0 amide bonds. The van der Waals surface area contributed by atoms with Crippen LogP contribution in [0.1, 0.15) is 25.0 Å². The van der Waals surface area contributed by atoms with Crippen LogP contribution < -0.4 is 4.74 Å². The van der Waals surface area contributed by atoms with Crippen LogP contribution in [0.5, 0.6) is 5.75 Å². The molecule has 4 heteroatoms. The summed E-state index contributed by atoms with van der Waals surface area (Å²) in [5, 5.41) is 0. The van der Waals surface area contributed by atoms with E-state index < -0.39 is 0 Å². The molecule has 0 fully saturated rings. The van der Waals surface area contributed by atoms with Crippen LogP contribution in [0.4, 0.5) is 0 Å². The van der Waals surface area contributed by atoms with Crippen LogP contribution in [0, 0.1) is 0 Å². The molecule has 134 valence electrons. The van der Waals surface area contributed by atoms with Crippen LogP contribution in [-0.2, 0) is 0 Å². The van der Waals surface area contributed by atoms with Gasteiger partial charge in [-0.2, -0.15) is 0 Å². The Morgan fingerprint density at radius 2 is 1.74 bits per heavy atom. The van der Waals surface area contributed by atoms with Gasteiger partial charge in [0.05, 0.1) is 11.7 Å². The number of pyridine rings is 1. The Morgan fingerprint density at radius 1 is 0.926 bits per heavy atom. The van der Waals surface area contributed by atoms with Crippen molar-refractivity contribution in [3.63, 3.8) is 0 Å². The number of benzene rings is 2. The molecule has 0 aliphatic rings. The van der Waals surface area contributed by atoms with Gasteiger partial charge in [-0.1, -0.05) is 48.6 Å². The van der Waals surface area contributed by atoms with Crippen molar-refractivity contribution in [2.45, 2.75) is 20.0 Å². The number of H-pyrrole nitrogens is 1. The summed E-state index contributed by atoms with van der Waals surface area (Å²) in [6.45, 7) is 4.04. The summed E-state index contributed by atoms with van der Waals surface area (Å²) in [6.07, 6.45) is 6.03. The first-order valence-corrected chi connectivity index (χ1v) is 9.04. The second kappa shape index (κ2) is 7.46. The maximum absolute atomic E-state index is 6.01. The van der Waals surface area contributed by atoms with Gasteiger partial charge in [0, 0.05) is 6.20 Å². The third kappa shape index (κ3) is 3.90. The molecule has 0 radical (unpaired) electrons. The number of nitrogens with zero attached hydrogens (tertiary/aromatic N) is 2. The van der Waals surface area contributed by atoms with Crippen molar-refractivity contribution >= 4 is 23.3 Å². The van der Waals surface area contributed by atoms with Crippen molar-refractivity contribution in [3.05, 3.63) is 78.0 Å².